The van der Waals surface area contributed by atoms with E-state index in [0.29, 0.717) is 11.4 Å². The van der Waals surface area contributed by atoms with E-state index in [1.54, 1.807) is 42.5 Å². The van der Waals surface area contributed by atoms with Crippen molar-refractivity contribution in [3.63, 3.8) is 0 Å². The van der Waals surface area contributed by atoms with Crippen molar-refractivity contribution in [2.45, 2.75) is 11.0 Å². The molecule has 1 aliphatic heterocycles. The number of hydrogen-bond donors (Lipinski definition) is 1. The first-order valence-corrected chi connectivity index (χ1v) is 10.8. The van der Waals surface area contributed by atoms with Crippen LogP contribution in [0.2, 0.25) is 0 Å². The van der Waals surface area contributed by atoms with Crippen LogP contribution in [-0.4, -0.2) is 34.1 Å². The van der Waals surface area contributed by atoms with Gasteiger partial charge in [0.1, 0.15) is 17.3 Å². The number of ether oxygens (including phenoxy) is 2. The van der Waals surface area contributed by atoms with Crippen LogP contribution in [0.15, 0.2) is 77.7 Å². The van der Waals surface area contributed by atoms with Gasteiger partial charge in [-0.1, -0.05) is 24.3 Å². The van der Waals surface area contributed by atoms with Crippen LogP contribution in [-0.2, 0) is 14.8 Å². The molecule has 4 rings (SSSR count). The molecule has 1 heterocycles. The maximum atomic E-state index is 13.9. The van der Waals surface area contributed by atoms with Crippen molar-refractivity contribution in [2.75, 3.05) is 23.3 Å². The highest BCUT2D eigenvalue weighted by Gasteiger charge is 2.37. The molecule has 0 spiro atoms. The van der Waals surface area contributed by atoms with Crippen LogP contribution in [0.4, 0.5) is 15.8 Å². The normalized spacial score (nSPS) is 15.5. The topological polar surface area (TPSA) is 84.9 Å². The molecule has 1 aliphatic rings. The molecule has 7 nitrogen and oxygen atoms in total. The smallest absolute Gasteiger partial charge is 0.267 e. The Balaban J connectivity index is 1.67. The van der Waals surface area contributed by atoms with E-state index in [0.717, 1.165) is 4.31 Å². The summed E-state index contributed by atoms with van der Waals surface area (Å²) < 4.78 is 52.6. The molecule has 3 aromatic rings. The summed E-state index contributed by atoms with van der Waals surface area (Å²) in [5, 5.41) is 2.46. The van der Waals surface area contributed by atoms with Gasteiger partial charge in [-0.25, -0.2) is 12.8 Å². The summed E-state index contributed by atoms with van der Waals surface area (Å²) in [6.45, 7) is -0.272. The largest absolute Gasteiger partial charge is 0.497 e. The van der Waals surface area contributed by atoms with Crippen LogP contribution in [0.25, 0.3) is 0 Å². The van der Waals surface area contributed by atoms with Crippen molar-refractivity contribution >= 4 is 27.3 Å². The maximum Gasteiger partial charge on any atom is 0.267 e. The van der Waals surface area contributed by atoms with E-state index in [9.17, 15) is 17.6 Å². The second kappa shape index (κ2) is 8.27. The highest BCUT2D eigenvalue weighted by molar-refractivity contribution is 7.92. The number of amides is 1. The summed E-state index contributed by atoms with van der Waals surface area (Å²) in [5.41, 5.74) is 0.299. The second-order valence-corrected chi connectivity index (χ2v) is 8.62. The van der Waals surface area contributed by atoms with Gasteiger partial charge in [0.15, 0.2) is 6.10 Å². The molecule has 31 heavy (non-hydrogen) atoms. The minimum atomic E-state index is -4.00. The molecule has 0 fully saturated rings. The van der Waals surface area contributed by atoms with E-state index >= 15 is 0 Å². The van der Waals surface area contributed by atoms with Gasteiger partial charge in [0.05, 0.1) is 29.9 Å². The zero-order valence-electron chi connectivity index (χ0n) is 16.5. The minimum Gasteiger partial charge on any atom is -0.497 e. The summed E-state index contributed by atoms with van der Waals surface area (Å²) in [5.74, 6) is -0.507. The predicted octanol–water partition coefficient (Wildman–Crippen LogP) is 3.43. The lowest BCUT2D eigenvalue weighted by molar-refractivity contribution is -0.122. The van der Waals surface area contributed by atoms with Crippen LogP contribution in [0.3, 0.4) is 0 Å². The van der Waals surface area contributed by atoms with Crippen molar-refractivity contribution in [3.8, 4) is 11.5 Å². The van der Waals surface area contributed by atoms with Gasteiger partial charge in [-0.15, -0.1) is 0 Å². The molecule has 0 saturated carbocycles. The number of hydrogen-bond acceptors (Lipinski definition) is 5. The Morgan fingerprint density at radius 3 is 2.45 bits per heavy atom. The molecule has 3 aromatic carbocycles. The third-order valence-corrected chi connectivity index (χ3v) is 6.60. The third kappa shape index (κ3) is 4.04. The second-order valence-electron chi connectivity index (χ2n) is 6.75. The van der Waals surface area contributed by atoms with Crippen molar-refractivity contribution in [2.24, 2.45) is 0 Å². The first kappa shape index (κ1) is 20.7. The highest BCUT2D eigenvalue weighted by Crippen LogP contribution is 2.37. The maximum absolute atomic E-state index is 13.9. The van der Waals surface area contributed by atoms with Gasteiger partial charge in [0, 0.05) is 0 Å². The number of fused-ring (bicyclic) bond motifs is 1. The fraction of sp³-hybridized carbons (Fsp3) is 0.136. The van der Waals surface area contributed by atoms with Gasteiger partial charge in [-0.05, 0) is 48.5 Å². The van der Waals surface area contributed by atoms with E-state index < -0.39 is 27.9 Å². The SMILES string of the molecule is COc1ccc(S(=O)(=O)N2CC(C(=O)Nc3ccccc3F)Oc3ccccc32)cc1. The fourth-order valence-electron chi connectivity index (χ4n) is 3.22. The standard InChI is InChI=1S/C22H19FN2O5S/c1-29-15-10-12-16(13-11-15)31(27,28)25-14-21(30-20-9-5-4-8-19(20)25)22(26)24-18-7-3-2-6-17(18)23/h2-13,21H,14H2,1H3,(H,24,26). The summed E-state index contributed by atoms with van der Waals surface area (Å²) in [6.07, 6.45) is -1.18. The summed E-state index contributed by atoms with van der Waals surface area (Å²) in [4.78, 5) is 12.8. The molecule has 0 saturated heterocycles. The quantitative estimate of drug-likeness (QED) is 0.655. The Morgan fingerprint density at radius 2 is 1.74 bits per heavy atom. The molecule has 1 unspecified atom stereocenters. The van der Waals surface area contributed by atoms with E-state index in [-0.39, 0.29) is 22.9 Å². The molecule has 1 N–H and O–H groups in total. The van der Waals surface area contributed by atoms with E-state index in [2.05, 4.69) is 5.32 Å². The Hall–Kier alpha value is -3.59. The van der Waals surface area contributed by atoms with Crippen molar-refractivity contribution in [1.29, 1.82) is 0 Å². The predicted molar refractivity (Wildman–Crippen MR) is 113 cm³/mol. The number of benzene rings is 3. The van der Waals surface area contributed by atoms with Crippen LogP contribution < -0.4 is 19.1 Å². The summed E-state index contributed by atoms with van der Waals surface area (Å²) in [6, 6.07) is 18.2. The fourth-order valence-corrected chi connectivity index (χ4v) is 4.69. The number of rotatable bonds is 5. The van der Waals surface area contributed by atoms with Crippen LogP contribution in [0.1, 0.15) is 0 Å². The van der Waals surface area contributed by atoms with E-state index in [1.165, 1.54) is 37.4 Å². The Kier molecular flexibility index (Phi) is 5.51. The van der Waals surface area contributed by atoms with Crippen molar-refractivity contribution in [3.05, 3.63) is 78.6 Å². The van der Waals surface area contributed by atoms with Gasteiger partial charge < -0.3 is 14.8 Å². The zero-order valence-corrected chi connectivity index (χ0v) is 17.3. The van der Waals surface area contributed by atoms with Gasteiger partial charge in [-0.2, -0.15) is 0 Å². The minimum absolute atomic E-state index is 0.0143. The number of nitrogens with one attached hydrogen (secondary N) is 1. The first-order valence-electron chi connectivity index (χ1n) is 9.38. The number of halogens is 1. The molecule has 0 aromatic heterocycles. The molecular weight excluding hydrogens is 423 g/mol. The molecule has 160 valence electrons. The first-order chi connectivity index (χ1) is 14.9. The Bertz CT molecular complexity index is 1210. The average Bonchev–Trinajstić information content (AvgIpc) is 2.79. The lowest BCUT2D eigenvalue weighted by atomic mass is 10.2. The number of carbonyl (C=O) groups is 1. The van der Waals surface area contributed by atoms with E-state index in [1.807, 2.05) is 0 Å². The molecule has 9 heteroatoms. The molecule has 0 radical (unpaired) electrons. The Labute approximate surface area is 179 Å². The van der Waals surface area contributed by atoms with Gasteiger partial charge in [-0.3, -0.25) is 9.10 Å². The van der Waals surface area contributed by atoms with Gasteiger partial charge >= 0.3 is 0 Å². The Morgan fingerprint density at radius 1 is 1.06 bits per heavy atom. The monoisotopic (exact) mass is 442 g/mol. The van der Waals surface area contributed by atoms with Crippen molar-refractivity contribution in [1.82, 2.24) is 0 Å². The number of anilines is 2. The third-order valence-electron chi connectivity index (χ3n) is 4.81. The number of para-hydroxylation sites is 3. The number of carbonyl (C=O) groups excluding carboxylic acids is 1. The summed E-state index contributed by atoms with van der Waals surface area (Å²) >= 11 is 0. The average molecular weight is 442 g/mol. The summed E-state index contributed by atoms with van der Waals surface area (Å²) in [7, 11) is -2.52. The molecule has 1 atom stereocenters. The van der Waals surface area contributed by atoms with Gasteiger partial charge in [0.2, 0.25) is 0 Å². The number of methoxy groups -OCH3 is 1. The van der Waals surface area contributed by atoms with Crippen LogP contribution in [0.5, 0.6) is 11.5 Å². The highest BCUT2D eigenvalue weighted by atomic mass is 32.2. The van der Waals surface area contributed by atoms with Gasteiger partial charge in [0.25, 0.3) is 15.9 Å². The zero-order chi connectivity index (χ0) is 22.0. The van der Waals surface area contributed by atoms with Crippen LogP contribution >= 0.6 is 0 Å². The number of sulfonamides is 1. The number of nitrogens with zero attached hydrogens (tertiary/aromatic N) is 1. The molecule has 0 aliphatic carbocycles. The van der Waals surface area contributed by atoms with E-state index in [4.69, 9.17) is 9.47 Å². The molecule has 1 amide bonds. The molecule has 0 bridgehead atoms. The van der Waals surface area contributed by atoms with Crippen LogP contribution in [0, 0.1) is 5.82 Å². The lowest BCUT2D eigenvalue weighted by Crippen LogP contribution is -2.48. The molecular formula is C22H19FN2O5S. The van der Waals surface area contributed by atoms with Crippen molar-refractivity contribution < 1.29 is 27.1 Å². The lowest BCUT2D eigenvalue weighted by Gasteiger charge is -2.34.